The minimum atomic E-state index is -1.02. The highest BCUT2D eigenvalue weighted by Gasteiger charge is 2.12. The molecule has 3 aromatic heterocycles. The SMILES string of the molecule is O=C(O)c1nccc2sc(NCc3cncnc3)cc12. The molecule has 0 amide bonds. The number of rotatable bonds is 4. The lowest BCUT2D eigenvalue weighted by atomic mass is 10.2. The van der Waals surface area contributed by atoms with E-state index in [4.69, 9.17) is 5.11 Å². The van der Waals surface area contributed by atoms with Crippen LogP contribution in [0.4, 0.5) is 5.00 Å². The molecule has 0 saturated heterocycles. The highest BCUT2D eigenvalue weighted by atomic mass is 32.1. The molecular formula is C13H10N4O2S. The first kappa shape index (κ1) is 12.5. The summed E-state index contributed by atoms with van der Waals surface area (Å²) in [6.07, 6.45) is 6.46. The Labute approximate surface area is 118 Å². The van der Waals surface area contributed by atoms with Crippen LogP contribution < -0.4 is 5.32 Å². The van der Waals surface area contributed by atoms with Crippen LogP contribution in [0.5, 0.6) is 0 Å². The van der Waals surface area contributed by atoms with Gasteiger partial charge in [0.05, 0.1) is 5.00 Å². The van der Waals surface area contributed by atoms with Crippen LogP contribution in [-0.4, -0.2) is 26.0 Å². The number of fused-ring (bicyclic) bond motifs is 1. The Balaban J connectivity index is 1.86. The Morgan fingerprint density at radius 2 is 2.15 bits per heavy atom. The second-order valence-corrected chi connectivity index (χ2v) is 5.17. The maximum atomic E-state index is 11.1. The predicted molar refractivity (Wildman–Crippen MR) is 75.9 cm³/mol. The van der Waals surface area contributed by atoms with Crippen molar-refractivity contribution in [2.24, 2.45) is 0 Å². The third kappa shape index (κ3) is 2.43. The Bertz CT molecular complexity index is 757. The fourth-order valence-corrected chi connectivity index (χ4v) is 2.78. The molecule has 0 spiro atoms. The Kier molecular flexibility index (Phi) is 3.26. The normalized spacial score (nSPS) is 10.6. The van der Waals surface area contributed by atoms with Crippen LogP contribution in [0.2, 0.25) is 0 Å². The van der Waals surface area contributed by atoms with E-state index in [1.165, 1.54) is 23.9 Å². The van der Waals surface area contributed by atoms with Gasteiger partial charge in [-0.05, 0) is 12.1 Å². The number of pyridine rings is 1. The molecule has 0 radical (unpaired) electrons. The summed E-state index contributed by atoms with van der Waals surface area (Å²) < 4.78 is 0.893. The zero-order chi connectivity index (χ0) is 13.9. The highest BCUT2D eigenvalue weighted by molar-refractivity contribution is 7.22. The summed E-state index contributed by atoms with van der Waals surface area (Å²) in [6, 6.07) is 3.61. The van der Waals surface area contributed by atoms with Crippen molar-refractivity contribution in [1.82, 2.24) is 15.0 Å². The lowest BCUT2D eigenvalue weighted by molar-refractivity contribution is 0.0693. The van der Waals surface area contributed by atoms with Gasteiger partial charge in [-0.3, -0.25) is 0 Å². The summed E-state index contributed by atoms with van der Waals surface area (Å²) in [6.45, 7) is 0.587. The molecule has 0 saturated carbocycles. The van der Waals surface area contributed by atoms with Crippen LogP contribution >= 0.6 is 11.3 Å². The average molecular weight is 286 g/mol. The molecule has 20 heavy (non-hydrogen) atoms. The average Bonchev–Trinajstić information content (AvgIpc) is 2.88. The first-order valence-electron chi connectivity index (χ1n) is 5.83. The monoisotopic (exact) mass is 286 g/mol. The summed E-state index contributed by atoms with van der Waals surface area (Å²) in [7, 11) is 0. The summed E-state index contributed by atoms with van der Waals surface area (Å²) in [5.74, 6) is -1.02. The Morgan fingerprint density at radius 3 is 2.90 bits per heavy atom. The van der Waals surface area contributed by atoms with Gasteiger partial charge in [0.15, 0.2) is 5.69 Å². The third-order valence-electron chi connectivity index (χ3n) is 2.73. The number of thiophene rings is 1. The van der Waals surface area contributed by atoms with Gasteiger partial charge >= 0.3 is 5.97 Å². The third-order valence-corrected chi connectivity index (χ3v) is 3.79. The molecule has 0 unspecified atom stereocenters. The fraction of sp³-hybridized carbons (Fsp3) is 0.0769. The number of carboxylic acid groups (broad SMARTS) is 1. The van der Waals surface area contributed by atoms with Crippen molar-refractivity contribution in [3.05, 3.63) is 48.3 Å². The summed E-state index contributed by atoms with van der Waals surface area (Å²) in [5.41, 5.74) is 1.04. The van der Waals surface area contributed by atoms with Crippen molar-refractivity contribution in [3.63, 3.8) is 0 Å². The lowest BCUT2D eigenvalue weighted by Gasteiger charge is -2.01. The van der Waals surface area contributed by atoms with Gasteiger partial charge in [0.25, 0.3) is 0 Å². The van der Waals surface area contributed by atoms with Crippen LogP contribution in [-0.2, 0) is 6.54 Å². The zero-order valence-electron chi connectivity index (χ0n) is 10.3. The zero-order valence-corrected chi connectivity index (χ0v) is 11.1. The second-order valence-electron chi connectivity index (χ2n) is 4.09. The number of aromatic carboxylic acids is 1. The van der Waals surface area contributed by atoms with E-state index < -0.39 is 5.97 Å². The van der Waals surface area contributed by atoms with Crippen molar-refractivity contribution < 1.29 is 9.90 Å². The molecule has 100 valence electrons. The first-order valence-corrected chi connectivity index (χ1v) is 6.65. The first-order chi connectivity index (χ1) is 9.74. The van der Waals surface area contributed by atoms with Crippen LogP contribution in [0, 0.1) is 0 Å². The van der Waals surface area contributed by atoms with E-state index in [1.807, 2.05) is 6.07 Å². The fourth-order valence-electron chi connectivity index (χ4n) is 1.83. The van der Waals surface area contributed by atoms with Crippen LogP contribution in [0.1, 0.15) is 16.1 Å². The topological polar surface area (TPSA) is 88.0 Å². The van der Waals surface area contributed by atoms with Crippen molar-refractivity contribution in [2.45, 2.75) is 6.54 Å². The quantitative estimate of drug-likeness (QED) is 0.765. The van der Waals surface area contributed by atoms with Gasteiger partial charge in [0.1, 0.15) is 6.33 Å². The van der Waals surface area contributed by atoms with E-state index in [-0.39, 0.29) is 5.69 Å². The number of carboxylic acids is 1. The van der Waals surface area contributed by atoms with Gasteiger partial charge in [0, 0.05) is 40.8 Å². The molecule has 3 aromatic rings. The molecule has 0 bridgehead atoms. The van der Waals surface area contributed by atoms with Crippen LogP contribution in [0.3, 0.4) is 0 Å². The molecule has 0 fully saturated rings. The van der Waals surface area contributed by atoms with Crippen molar-refractivity contribution in [2.75, 3.05) is 5.32 Å². The van der Waals surface area contributed by atoms with E-state index >= 15 is 0 Å². The van der Waals surface area contributed by atoms with E-state index in [0.717, 1.165) is 15.3 Å². The molecule has 3 heterocycles. The van der Waals surface area contributed by atoms with Gasteiger partial charge in [-0.1, -0.05) is 0 Å². The summed E-state index contributed by atoms with van der Waals surface area (Å²) in [5, 5.41) is 13.9. The number of anilines is 1. The minimum absolute atomic E-state index is 0.0786. The van der Waals surface area contributed by atoms with Crippen LogP contribution in [0.15, 0.2) is 37.1 Å². The van der Waals surface area contributed by atoms with E-state index in [1.54, 1.807) is 18.5 Å². The molecule has 0 atom stereocenters. The Hall–Kier alpha value is -2.54. The van der Waals surface area contributed by atoms with Gasteiger partial charge in [0.2, 0.25) is 0 Å². The maximum absolute atomic E-state index is 11.1. The summed E-state index contributed by atoms with van der Waals surface area (Å²) >= 11 is 1.49. The van der Waals surface area contributed by atoms with Gasteiger partial charge in [-0.2, -0.15) is 0 Å². The van der Waals surface area contributed by atoms with Crippen molar-refractivity contribution >= 4 is 32.4 Å². The van der Waals surface area contributed by atoms with Gasteiger partial charge in [-0.15, -0.1) is 11.3 Å². The largest absolute Gasteiger partial charge is 0.476 e. The number of aromatic nitrogens is 3. The molecule has 6 nitrogen and oxygen atoms in total. The smallest absolute Gasteiger partial charge is 0.355 e. The van der Waals surface area contributed by atoms with E-state index in [2.05, 4.69) is 20.3 Å². The van der Waals surface area contributed by atoms with E-state index in [9.17, 15) is 4.79 Å². The molecule has 0 aliphatic heterocycles. The van der Waals surface area contributed by atoms with Gasteiger partial charge < -0.3 is 10.4 Å². The predicted octanol–water partition coefficient (Wildman–Crippen LogP) is 2.40. The number of hydrogen-bond donors (Lipinski definition) is 2. The number of nitrogens with zero attached hydrogens (tertiary/aromatic N) is 3. The number of carbonyl (C=O) groups is 1. The van der Waals surface area contributed by atoms with Crippen molar-refractivity contribution in [1.29, 1.82) is 0 Å². The Morgan fingerprint density at radius 1 is 1.35 bits per heavy atom. The minimum Gasteiger partial charge on any atom is -0.476 e. The van der Waals surface area contributed by atoms with Gasteiger partial charge in [-0.25, -0.2) is 19.7 Å². The molecule has 7 heteroatoms. The van der Waals surface area contributed by atoms with Crippen LogP contribution in [0.25, 0.3) is 10.1 Å². The maximum Gasteiger partial charge on any atom is 0.355 e. The molecular weight excluding hydrogens is 276 g/mol. The summed E-state index contributed by atoms with van der Waals surface area (Å²) in [4.78, 5) is 22.9. The molecule has 0 aliphatic carbocycles. The molecule has 3 rings (SSSR count). The van der Waals surface area contributed by atoms with Crippen molar-refractivity contribution in [3.8, 4) is 0 Å². The standard InChI is InChI=1S/C13H10N4O2S/c18-13(19)12-9-3-11(20-10(9)1-2-16-12)17-6-8-4-14-7-15-5-8/h1-5,7,17H,6H2,(H,18,19). The number of nitrogens with one attached hydrogen (secondary N) is 1. The van der Waals surface area contributed by atoms with E-state index in [0.29, 0.717) is 11.9 Å². The molecule has 0 aliphatic rings. The highest BCUT2D eigenvalue weighted by Crippen LogP contribution is 2.31. The second kappa shape index (κ2) is 5.22. The number of hydrogen-bond acceptors (Lipinski definition) is 6. The molecule has 2 N–H and O–H groups in total. The lowest BCUT2D eigenvalue weighted by Crippen LogP contribution is -2.00. The molecule has 0 aromatic carbocycles.